The van der Waals surface area contributed by atoms with Gasteiger partial charge in [0.25, 0.3) is 5.89 Å². The van der Waals surface area contributed by atoms with Crippen LogP contribution in [0.2, 0.25) is 0 Å². The topological polar surface area (TPSA) is 77.6 Å². The largest absolute Gasteiger partial charge is 0.437 e. The monoisotopic (exact) mass is 337 g/mol. The number of hydrogen-bond donors (Lipinski definition) is 0. The molecule has 1 atom stereocenters. The van der Waals surface area contributed by atoms with E-state index in [1.165, 1.54) is 16.0 Å². The fourth-order valence-corrected chi connectivity index (χ4v) is 3.14. The van der Waals surface area contributed by atoms with Crippen molar-refractivity contribution in [1.29, 1.82) is 0 Å². The molecule has 3 heterocycles. The number of nitrogens with zero attached hydrogens (tertiary/aromatic N) is 3. The molecule has 0 N–H and O–H groups in total. The Labute approximate surface area is 137 Å². The van der Waals surface area contributed by atoms with E-state index in [0.717, 1.165) is 11.3 Å². The van der Waals surface area contributed by atoms with Crippen LogP contribution in [-0.2, 0) is 16.1 Å². The standard InChI is InChI=1S/C15H19N3O4S/c1-2-11-10-17(7-8-21-11)13(19)5-6-18-15(20)22-14(16-18)12-4-3-9-23-12/h3-4,9,11H,2,5-8,10H2,1H3/t11-/m0/s1. The minimum absolute atomic E-state index is 0.0133. The van der Waals surface area contributed by atoms with E-state index in [1.54, 1.807) is 4.90 Å². The zero-order chi connectivity index (χ0) is 16.2. The van der Waals surface area contributed by atoms with Crippen molar-refractivity contribution in [3.63, 3.8) is 0 Å². The van der Waals surface area contributed by atoms with Gasteiger partial charge in [-0.05, 0) is 17.9 Å². The summed E-state index contributed by atoms with van der Waals surface area (Å²) in [6.07, 6.45) is 1.22. The van der Waals surface area contributed by atoms with Crippen LogP contribution in [0.1, 0.15) is 19.8 Å². The van der Waals surface area contributed by atoms with Crippen LogP contribution in [0.5, 0.6) is 0 Å². The molecule has 8 heteroatoms. The molecule has 0 saturated carbocycles. The highest BCUT2D eigenvalue weighted by molar-refractivity contribution is 7.13. The number of amides is 1. The van der Waals surface area contributed by atoms with Crippen LogP contribution >= 0.6 is 11.3 Å². The van der Waals surface area contributed by atoms with Gasteiger partial charge in [-0.1, -0.05) is 13.0 Å². The van der Waals surface area contributed by atoms with Gasteiger partial charge in [-0.2, -0.15) is 4.68 Å². The molecule has 7 nitrogen and oxygen atoms in total. The molecule has 1 fully saturated rings. The summed E-state index contributed by atoms with van der Waals surface area (Å²) in [6, 6.07) is 3.70. The third-order valence-corrected chi connectivity index (χ3v) is 4.68. The molecule has 0 radical (unpaired) electrons. The summed E-state index contributed by atoms with van der Waals surface area (Å²) in [5.41, 5.74) is 0. The van der Waals surface area contributed by atoms with Gasteiger partial charge in [0.1, 0.15) is 0 Å². The Bertz CT molecular complexity index is 707. The van der Waals surface area contributed by atoms with Crippen molar-refractivity contribution in [2.45, 2.75) is 32.4 Å². The molecule has 1 saturated heterocycles. The van der Waals surface area contributed by atoms with Crippen LogP contribution < -0.4 is 5.76 Å². The first-order chi connectivity index (χ1) is 11.2. The second-order valence-corrected chi connectivity index (χ2v) is 6.31. The Hall–Kier alpha value is -1.93. The average molecular weight is 337 g/mol. The highest BCUT2D eigenvalue weighted by atomic mass is 32.1. The van der Waals surface area contributed by atoms with Crippen molar-refractivity contribution in [3.8, 4) is 10.8 Å². The Balaban J connectivity index is 1.60. The first-order valence-corrected chi connectivity index (χ1v) is 8.56. The van der Waals surface area contributed by atoms with Gasteiger partial charge < -0.3 is 14.1 Å². The van der Waals surface area contributed by atoms with Crippen molar-refractivity contribution in [2.75, 3.05) is 19.7 Å². The molecule has 2 aromatic heterocycles. The number of ether oxygens (including phenoxy) is 1. The lowest BCUT2D eigenvalue weighted by Crippen LogP contribution is -2.45. The lowest BCUT2D eigenvalue weighted by molar-refractivity contribution is -0.139. The van der Waals surface area contributed by atoms with Crippen LogP contribution in [0.25, 0.3) is 10.8 Å². The summed E-state index contributed by atoms with van der Waals surface area (Å²) in [7, 11) is 0. The van der Waals surface area contributed by atoms with E-state index >= 15 is 0 Å². The Morgan fingerprint density at radius 1 is 1.52 bits per heavy atom. The van der Waals surface area contributed by atoms with E-state index < -0.39 is 5.76 Å². The SMILES string of the molecule is CC[C@H]1CN(C(=O)CCn2nc(-c3cccs3)oc2=O)CCO1. The number of hydrogen-bond acceptors (Lipinski definition) is 6. The molecule has 0 bridgehead atoms. The van der Waals surface area contributed by atoms with Gasteiger partial charge in [-0.15, -0.1) is 16.4 Å². The highest BCUT2D eigenvalue weighted by Gasteiger charge is 2.23. The average Bonchev–Trinajstić information content (AvgIpc) is 3.22. The van der Waals surface area contributed by atoms with Gasteiger partial charge in [0, 0.05) is 19.5 Å². The number of thiophene rings is 1. The van der Waals surface area contributed by atoms with E-state index in [1.807, 2.05) is 24.4 Å². The third kappa shape index (κ3) is 3.70. The van der Waals surface area contributed by atoms with Crippen molar-refractivity contribution < 1.29 is 13.9 Å². The van der Waals surface area contributed by atoms with E-state index in [2.05, 4.69) is 5.10 Å². The van der Waals surface area contributed by atoms with Crippen molar-refractivity contribution in [2.24, 2.45) is 0 Å². The minimum Gasteiger partial charge on any atom is -0.387 e. The van der Waals surface area contributed by atoms with Gasteiger partial charge >= 0.3 is 5.76 Å². The number of carbonyl (C=O) groups is 1. The molecule has 124 valence electrons. The van der Waals surface area contributed by atoms with Crippen molar-refractivity contribution in [3.05, 3.63) is 28.1 Å². The Morgan fingerprint density at radius 2 is 2.39 bits per heavy atom. The van der Waals surface area contributed by atoms with E-state index in [9.17, 15) is 9.59 Å². The fourth-order valence-electron chi connectivity index (χ4n) is 2.50. The maximum Gasteiger partial charge on any atom is 0.437 e. The molecule has 1 aliphatic rings. The molecule has 1 amide bonds. The maximum atomic E-state index is 12.3. The molecule has 0 spiro atoms. The second-order valence-electron chi connectivity index (χ2n) is 5.36. The van der Waals surface area contributed by atoms with E-state index in [-0.39, 0.29) is 25.0 Å². The molecule has 3 rings (SSSR count). The Kier molecular flexibility index (Phi) is 4.92. The number of carbonyl (C=O) groups excluding carboxylic acids is 1. The summed E-state index contributed by atoms with van der Waals surface area (Å²) in [5, 5.41) is 6.04. The summed E-state index contributed by atoms with van der Waals surface area (Å²) in [4.78, 5) is 26.7. The normalized spacial score (nSPS) is 18.3. The predicted molar refractivity (Wildman–Crippen MR) is 85.3 cm³/mol. The first-order valence-electron chi connectivity index (χ1n) is 7.68. The molecule has 23 heavy (non-hydrogen) atoms. The molecule has 0 aromatic carbocycles. The zero-order valence-electron chi connectivity index (χ0n) is 12.9. The van der Waals surface area contributed by atoms with Crippen LogP contribution in [0.15, 0.2) is 26.7 Å². The summed E-state index contributed by atoms with van der Waals surface area (Å²) < 4.78 is 11.9. The third-order valence-electron chi connectivity index (χ3n) is 3.82. The van der Waals surface area contributed by atoms with Crippen LogP contribution in [0, 0.1) is 0 Å². The predicted octanol–water partition coefficient (Wildman–Crippen LogP) is 1.59. The van der Waals surface area contributed by atoms with Gasteiger partial charge in [0.15, 0.2) is 0 Å². The zero-order valence-corrected chi connectivity index (χ0v) is 13.8. The second kappa shape index (κ2) is 7.10. The van der Waals surface area contributed by atoms with Crippen molar-refractivity contribution >= 4 is 17.2 Å². The smallest absolute Gasteiger partial charge is 0.387 e. The van der Waals surface area contributed by atoms with Gasteiger partial charge in [0.05, 0.1) is 24.1 Å². The van der Waals surface area contributed by atoms with Crippen LogP contribution in [0.4, 0.5) is 0 Å². The number of aromatic nitrogens is 2. The number of morpholine rings is 1. The Morgan fingerprint density at radius 3 is 3.13 bits per heavy atom. The molecular formula is C15H19N3O4S. The summed E-state index contributed by atoms with van der Waals surface area (Å²) in [6.45, 7) is 4.05. The highest BCUT2D eigenvalue weighted by Crippen LogP contribution is 2.21. The molecular weight excluding hydrogens is 318 g/mol. The summed E-state index contributed by atoms with van der Waals surface area (Å²) >= 11 is 1.45. The van der Waals surface area contributed by atoms with Gasteiger partial charge in [-0.3, -0.25) is 4.79 Å². The van der Waals surface area contributed by atoms with Gasteiger partial charge in [0.2, 0.25) is 5.91 Å². The van der Waals surface area contributed by atoms with Crippen molar-refractivity contribution in [1.82, 2.24) is 14.7 Å². The van der Waals surface area contributed by atoms with E-state index in [4.69, 9.17) is 9.15 Å². The lowest BCUT2D eigenvalue weighted by Gasteiger charge is -2.32. The molecule has 2 aromatic rings. The lowest BCUT2D eigenvalue weighted by atomic mass is 10.2. The fraction of sp³-hybridized carbons (Fsp3) is 0.533. The maximum absolute atomic E-state index is 12.3. The molecule has 0 aliphatic carbocycles. The van der Waals surface area contributed by atoms with Crippen LogP contribution in [0.3, 0.4) is 0 Å². The first kappa shape index (κ1) is 15.9. The molecule has 1 aliphatic heterocycles. The molecule has 0 unspecified atom stereocenters. The van der Waals surface area contributed by atoms with Gasteiger partial charge in [-0.25, -0.2) is 4.79 Å². The number of aryl methyl sites for hydroxylation is 1. The van der Waals surface area contributed by atoms with E-state index in [0.29, 0.717) is 25.6 Å². The van der Waals surface area contributed by atoms with Crippen LogP contribution in [-0.4, -0.2) is 46.4 Å². The summed E-state index contributed by atoms with van der Waals surface area (Å²) in [5.74, 6) is -0.219. The minimum atomic E-state index is -0.533. The quantitative estimate of drug-likeness (QED) is 0.828. The number of rotatable bonds is 5.